The van der Waals surface area contributed by atoms with Crippen LogP contribution in [0.25, 0.3) is 0 Å². The van der Waals surface area contributed by atoms with Gasteiger partial charge in [-0.3, -0.25) is 9.69 Å². The molecule has 0 atom stereocenters. The molecular weight excluding hydrogens is 436 g/mol. The zero-order chi connectivity index (χ0) is 24.8. The maximum absolute atomic E-state index is 11.1. The molecule has 1 saturated heterocycles. The summed E-state index contributed by atoms with van der Waals surface area (Å²) in [5.41, 5.74) is 8.66. The highest BCUT2D eigenvalue weighted by Crippen LogP contribution is 2.35. The lowest BCUT2D eigenvalue weighted by molar-refractivity contribution is -0.147. The number of hydrogen-bond donors (Lipinski definition) is 1. The van der Waals surface area contributed by atoms with Crippen molar-refractivity contribution >= 4 is 11.7 Å². The fraction of sp³-hybridized carbons (Fsp3) is 0.533. The third-order valence-corrected chi connectivity index (χ3v) is 7.77. The minimum absolute atomic E-state index is 0.220. The van der Waals surface area contributed by atoms with Gasteiger partial charge in [-0.15, -0.1) is 0 Å². The van der Waals surface area contributed by atoms with Gasteiger partial charge in [-0.25, -0.2) is 0 Å². The van der Waals surface area contributed by atoms with E-state index < -0.39 is 5.97 Å². The van der Waals surface area contributed by atoms with Crippen LogP contribution in [0.1, 0.15) is 92.2 Å². The van der Waals surface area contributed by atoms with Crippen molar-refractivity contribution in [2.24, 2.45) is 11.1 Å². The number of benzene rings is 2. The smallest absolute Gasteiger partial charge is 0.309 e. The first-order chi connectivity index (χ1) is 17.0. The highest BCUT2D eigenvalue weighted by molar-refractivity contribution is 5.98. The standard InChI is InChI=1S/C30H40N2O3/c1-4-23-16-26(12-13-27(23)17-32-18-28(19-32)30(33)34)21(3)31-35-20-22-11-14-29(24(5-2)15-22)25-9-7-6-8-10-25/h11-16,25,28H,4-10,17-20H2,1-3H3,(H,33,34). The molecule has 1 heterocycles. The summed E-state index contributed by atoms with van der Waals surface area (Å²) in [7, 11) is 0. The zero-order valence-electron chi connectivity index (χ0n) is 21.6. The fourth-order valence-electron chi connectivity index (χ4n) is 5.55. The van der Waals surface area contributed by atoms with Crippen LogP contribution < -0.4 is 0 Å². The van der Waals surface area contributed by atoms with Crippen molar-refractivity contribution < 1.29 is 14.7 Å². The molecule has 35 heavy (non-hydrogen) atoms. The fourth-order valence-corrected chi connectivity index (χ4v) is 5.55. The van der Waals surface area contributed by atoms with Gasteiger partial charge in [-0.05, 0) is 78.0 Å². The van der Waals surface area contributed by atoms with Gasteiger partial charge in [0.05, 0.1) is 11.6 Å². The Kier molecular flexibility index (Phi) is 8.61. The molecule has 2 fully saturated rings. The number of aliphatic carboxylic acids is 1. The first-order valence-electron chi connectivity index (χ1n) is 13.3. The van der Waals surface area contributed by atoms with E-state index in [-0.39, 0.29) is 5.92 Å². The Hall–Kier alpha value is -2.66. The van der Waals surface area contributed by atoms with Gasteiger partial charge in [-0.2, -0.15) is 0 Å². The highest BCUT2D eigenvalue weighted by atomic mass is 16.6. The van der Waals surface area contributed by atoms with E-state index in [2.05, 4.69) is 60.3 Å². The summed E-state index contributed by atoms with van der Waals surface area (Å²) in [4.78, 5) is 19.0. The first kappa shape index (κ1) is 25.4. The molecule has 4 rings (SSSR count). The quantitative estimate of drug-likeness (QED) is 0.322. The third kappa shape index (κ3) is 6.32. The number of hydrogen-bond acceptors (Lipinski definition) is 4. The second kappa shape index (κ2) is 11.9. The third-order valence-electron chi connectivity index (χ3n) is 7.77. The molecule has 2 aliphatic rings. The SMILES string of the molecule is CCc1cc(C(C)=NOCc2ccc(C3CCCCC3)c(CC)c2)ccc1CN1CC(C(=O)O)C1. The van der Waals surface area contributed by atoms with E-state index in [9.17, 15) is 4.79 Å². The molecule has 2 aromatic carbocycles. The second-order valence-electron chi connectivity index (χ2n) is 10.2. The van der Waals surface area contributed by atoms with Crippen LogP contribution >= 0.6 is 0 Å². The van der Waals surface area contributed by atoms with Crippen molar-refractivity contribution in [3.05, 3.63) is 69.8 Å². The van der Waals surface area contributed by atoms with Crippen LogP contribution in [0.2, 0.25) is 0 Å². The number of carbonyl (C=O) groups is 1. The Bertz CT molecular complexity index is 1050. The molecule has 1 N–H and O–H groups in total. The summed E-state index contributed by atoms with van der Waals surface area (Å²) < 4.78 is 0. The number of carboxylic acids is 1. The van der Waals surface area contributed by atoms with Crippen LogP contribution in [0, 0.1) is 5.92 Å². The highest BCUT2D eigenvalue weighted by Gasteiger charge is 2.32. The molecule has 1 saturated carbocycles. The Morgan fingerprint density at radius 3 is 2.43 bits per heavy atom. The molecule has 2 aromatic rings. The van der Waals surface area contributed by atoms with Crippen molar-refractivity contribution in [2.75, 3.05) is 13.1 Å². The molecule has 0 spiro atoms. The molecule has 1 aliphatic heterocycles. The van der Waals surface area contributed by atoms with Crippen molar-refractivity contribution in [2.45, 2.75) is 84.8 Å². The number of aryl methyl sites for hydroxylation is 2. The minimum Gasteiger partial charge on any atom is -0.481 e. The van der Waals surface area contributed by atoms with E-state index in [1.165, 1.54) is 54.4 Å². The van der Waals surface area contributed by atoms with Crippen LogP contribution in [0.4, 0.5) is 0 Å². The summed E-state index contributed by atoms with van der Waals surface area (Å²) in [6, 6.07) is 13.3. The Morgan fingerprint density at radius 1 is 1.00 bits per heavy atom. The van der Waals surface area contributed by atoms with Gasteiger partial charge in [0, 0.05) is 19.6 Å². The molecule has 5 nitrogen and oxygen atoms in total. The van der Waals surface area contributed by atoms with Crippen molar-refractivity contribution in [1.82, 2.24) is 4.90 Å². The lowest BCUT2D eigenvalue weighted by atomic mass is 9.81. The summed E-state index contributed by atoms with van der Waals surface area (Å²) in [5, 5.41) is 13.5. The molecule has 188 valence electrons. The topological polar surface area (TPSA) is 62.1 Å². The largest absolute Gasteiger partial charge is 0.481 e. The normalized spacial score (nSPS) is 17.9. The molecule has 0 unspecified atom stereocenters. The van der Waals surface area contributed by atoms with Crippen molar-refractivity contribution in [1.29, 1.82) is 0 Å². The van der Waals surface area contributed by atoms with Gasteiger partial charge in [0.25, 0.3) is 0 Å². The lowest BCUT2D eigenvalue weighted by Crippen LogP contribution is -2.49. The van der Waals surface area contributed by atoms with Crippen molar-refractivity contribution in [3.8, 4) is 0 Å². The average Bonchev–Trinajstić information content (AvgIpc) is 2.86. The zero-order valence-corrected chi connectivity index (χ0v) is 21.6. The summed E-state index contributed by atoms with van der Waals surface area (Å²) >= 11 is 0. The van der Waals surface area contributed by atoms with Crippen LogP contribution in [-0.4, -0.2) is 34.8 Å². The predicted octanol–water partition coefficient (Wildman–Crippen LogP) is 6.32. The van der Waals surface area contributed by atoms with Gasteiger partial charge < -0.3 is 9.94 Å². The molecule has 0 amide bonds. The molecular formula is C30H40N2O3. The maximum Gasteiger partial charge on any atom is 0.309 e. The van der Waals surface area contributed by atoms with Gasteiger partial charge in [0.1, 0.15) is 6.61 Å². The van der Waals surface area contributed by atoms with E-state index >= 15 is 0 Å². The van der Waals surface area contributed by atoms with E-state index in [1.807, 2.05) is 6.92 Å². The van der Waals surface area contributed by atoms with Crippen molar-refractivity contribution in [3.63, 3.8) is 0 Å². The van der Waals surface area contributed by atoms with E-state index in [4.69, 9.17) is 9.94 Å². The average molecular weight is 477 g/mol. The lowest BCUT2D eigenvalue weighted by Gasteiger charge is -2.37. The van der Waals surface area contributed by atoms with Gasteiger partial charge >= 0.3 is 5.97 Å². The van der Waals surface area contributed by atoms with Gasteiger partial charge in [0.2, 0.25) is 0 Å². The van der Waals surface area contributed by atoms with Crippen LogP contribution in [0.5, 0.6) is 0 Å². The second-order valence-corrected chi connectivity index (χ2v) is 10.2. The maximum atomic E-state index is 11.1. The number of rotatable bonds is 10. The van der Waals surface area contributed by atoms with Crippen LogP contribution in [0.15, 0.2) is 41.6 Å². The van der Waals surface area contributed by atoms with Gasteiger partial charge in [-0.1, -0.05) is 68.6 Å². The molecule has 5 heteroatoms. The Balaban J connectivity index is 1.36. The summed E-state index contributed by atoms with van der Waals surface area (Å²) in [5.74, 6) is -0.183. The molecule has 0 bridgehead atoms. The summed E-state index contributed by atoms with van der Waals surface area (Å²) in [6.07, 6.45) is 8.74. The van der Waals surface area contributed by atoms with E-state index in [0.717, 1.165) is 36.6 Å². The predicted molar refractivity (Wildman–Crippen MR) is 141 cm³/mol. The van der Waals surface area contributed by atoms with Gasteiger partial charge in [0.15, 0.2) is 0 Å². The van der Waals surface area contributed by atoms with Crippen LogP contribution in [0.3, 0.4) is 0 Å². The first-order valence-corrected chi connectivity index (χ1v) is 13.3. The number of carboxylic acid groups (broad SMARTS) is 1. The minimum atomic E-state index is -0.690. The number of nitrogens with zero attached hydrogens (tertiary/aromatic N) is 2. The Morgan fingerprint density at radius 2 is 1.74 bits per heavy atom. The van der Waals surface area contributed by atoms with E-state index in [0.29, 0.717) is 19.7 Å². The van der Waals surface area contributed by atoms with Crippen LogP contribution in [-0.2, 0) is 35.6 Å². The molecule has 0 aromatic heterocycles. The molecule has 0 radical (unpaired) electrons. The number of likely N-dealkylation sites (tertiary alicyclic amines) is 1. The Labute approximate surface area is 210 Å². The van der Waals surface area contributed by atoms with E-state index in [1.54, 1.807) is 5.56 Å². The summed E-state index contributed by atoms with van der Waals surface area (Å²) in [6.45, 7) is 8.95. The molecule has 1 aliphatic carbocycles. The monoisotopic (exact) mass is 476 g/mol. The number of oxime groups is 1.